The molecule has 7 nitrogen and oxygen atoms in total. The van der Waals surface area contributed by atoms with E-state index in [1.807, 2.05) is 4.90 Å². The van der Waals surface area contributed by atoms with E-state index in [9.17, 15) is 31.2 Å². The molecule has 3 rings (SSSR count). The highest BCUT2D eigenvalue weighted by Gasteiger charge is 2.36. The Morgan fingerprint density at radius 3 is 2.41 bits per heavy atom. The Morgan fingerprint density at radius 1 is 1.19 bits per heavy atom. The SMILES string of the molecule is O=C(Cn1cccc(C(F)(F)F)c1=O)N1CCN(C2CCS(=O)(=O)C2)CC1. The fourth-order valence-electron chi connectivity index (χ4n) is 3.52. The number of alkyl halides is 3. The van der Waals surface area contributed by atoms with Gasteiger partial charge in [-0.3, -0.25) is 14.5 Å². The maximum atomic E-state index is 12.8. The summed E-state index contributed by atoms with van der Waals surface area (Å²) in [6.45, 7) is 1.25. The van der Waals surface area contributed by atoms with E-state index in [-0.39, 0.29) is 17.5 Å². The summed E-state index contributed by atoms with van der Waals surface area (Å²) in [6.07, 6.45) is -3.03. The highest BCUT2D eigenvalue weighted by Crippen LogP contribution is 2.26. The van der Waals surface area contributed by atoms with Gasteiger partial charge in [-0.2, -0.15) is 13.2 Å². The van der Waals surface area contributed by atoms with Crippen LogP contribution in [0.3, 0.4) is 0 Å². The van der Waals surface area contributed by atoms with Crippen LogP contribution in [-0.4, -0.2) is 72.4 Å². The van der Waals surface area contributed by atoms with Crippen LogP contribution in [0.1, 0.15) is 12.0 Å². The van der Waals surface area contributed by atoms with E-state index in [1.165, 1.54) is 4.90 Å². The molecule has 0 radical (unpaired) electrons. The van der Waals surface area contributed by atoms with Crippen molar-refractivity contribution in [3.8, 4) is 0 Å². The number of amides is 1. The van der Waals surface area contributed by atoms with Gasteiger partial charge >= 0.3 is 6.18 Å². The van der Waals surface area contributed by atoms with Gasteiger partial charge in [-0.15, -0.1) is 0 Å². The minimum absolute atomic E-state index is 0.0432. The number of halogens is 3. The zero-order valence-electron chi connectivity index (χ0n) is 14.5. The van der Waals surface area contributed by atoms with Crippen molar-refractivity contribution in [1.82, 2.24) is 14.4 Å². The number of sulfone groups is 1. The molecule has 1 atom stereocenters. The zero-order chi connectivity index (χ0) is 19.8. The largest absolute Gasteiger partial charge is 0.421 e. The van der Waals surface area contributed by atoms with Crippen LogP contribution >= 0.6 is 0 Å². The van der Waals surface area contributed by atoms with E-state index in [4.69, 9.17) is 0 Å². The van der Waals surface area contributed by atoms with Crippen LogP contribution < -0.4 is 5.56 Å². The number of hydrogen-bond acceptors (Lipinski definition) is 5. The van der Waals surface area contributed by atoms with E-state index in [1.54, 1.807) is 0 Å². The first-order chi connectivity index (χ1) is 12.6. The summed E-state index contributed by atoms with van der Waals surface area (Å²) < 4.78 is 62.4. The predicted molar refractivity (Wildman–Crippen MR) is 90.9 cm³/mol. The molecule has 27 heavy (non-hydrogen) atoms. The maximum absolute atomic E-state index is 12.8. The first-order valence-corrected chi connectivity index (χ1v) is 10.4. The smallest absolute Gasteiger partial charge is 0.339 e. The van der Waals surface area contributed by atoms with Gasteiger partial charge in [-0.1, -0.05) is 0 Å². The monoisotopic (exact) mass is 407 g/mol. The topological polar surface area (TPSA) is 79.7 Å². The van der Waals surface area contributed by atoms with Crippen molar-refractivity contribution in [3.63, 3.8) is 0 Å². The Balaban J connectivity index is 1.60. The Morgan fingerprint density at radius 2 is 1.85 bits per heavy atom. The molecule has 0 aromatic carbocycles. The lowest BCUT2D eigenvalue weighted by molar-refractivity contribution is -0.140. The normalized spacial score (nSPS) is 23.5. The molecule has 1 amide bonds. The quantitative estimate of drug-likeness (QED) is 0.715. The second-order valence-electron chi connectivity index (χ2n) is 6.83. The highest BCUT2D eigenvalue weighted by atomic mass is 32.2. The molecule has 11 heteroatoms. The van der Waals surface area contributed by atoms with Gasteiger partial charge in [-0.05, 0) is 18.6 Å². The van der Waals surface area contributed by atoms with Crippen LogP contribution in [0.5, 0.6) is 0 Å². The number of piperazine rings is 1. The van der Waals surface area contributed by atoms with Crippen molar-refractivity contribution in [3.05, 3.63) is 34.2 Å². The lowest BCUT2D eigenvalue weighted by Gasteiger charge is -2.37. The van der Waals surface area contributed by atoms with Crippen molar-refractivity contribution in [1.29, 1.82) is 0 Å². The van der Waals surface area contributed by atoms with E-state index >= 15 is 0 Å². The Hall–Kier alpha value is -1.88. The number of carbonyl (C=O) groups is 1. The van der Waals surface area contributed by atoms with Crippen LogP contribution in [0, 0.1) is 0 Å². The summed E-state index contributed by atoms with van der Waals surface area (Å²) in [5.41, 5.74) is -2.54. The maximum Gasteiger partial charge on any atom is 0.421 e. The van der Waals surface area contributed by atoms with Gasteiger partial charge in [0.2, 0.25) is 5.91 Å². The number of rotatable bonds is 3. The fraction of sp³-hybridized carbons (Fsp3) is 0.625. The average molecular weight is 407 g/mol. The number of nitrogens with zero attached hydrogens (tertiary/aromatic N) is 3. The molecule has 2 fully saturated rings. The van der Waals surface area contributed by atoms with Crippen molar-refractivity contribution in [2.75, 3.05) is 37.7 Å². The molecule has 3 heterocycles. The molecule has 1 aromatic rings. The van der Waals surface area contributed by atoms with Crippen LogP contribution in [0.2, 0.25) is 0 Å². The summed E-state index contributed by atoms with van der Waals surface area (Å²) >= 11 is 0. The van der Waals surface area contributed by atoms with Gasteiger partial charge in [0.25, 0.3) is 5.56 Å². The molecule has 2 aliphatic rings. The van der Waals surface area contributed by atoms with Crippen molar-refractivity contribution in [2.45, 2.75) is 25.2 Å². The molecule has 2 saturated heterocycles. The first kappa shape index (κ1) is 19.9. The summed E-state index contributed by atoms with van der Waals surface area (Å²) in [4.78, 5) is 27.8. The predicted octanol–water partition coefficient (Wildman–Crippen LogP) is 0.198. The standard InChI is InChI=1S/C16H20F3N3O4S/c17-16(18,19)13-2-1-4-22(15(13)24)10-14(23)21-7-5-20(6-8-21)12-3-9-27(25,26)11-12/h1-2,4,12H,3,5-11H2. The molecule has 0 bridgehead atoms. The summed E-state index contributed by atoms with van der Waals surface area (Å²) in [7, 11) is -2.99. The zero-order valence-corrected chi connectivity index (χ0v) is 15.3. The van der Waals surface area contributed by atoms with E-state index in [0.717, 1.165) is 16.8 Å². The molecule has 0 saturated carbocycles. The Kier molecular flexibility index (Phi) is 5.35. The van der Waals surface area contributed by atoms with Crippen molar-refractivity contribution >= 4 is 15.7 Å². The van der Waals surface area contributed by atoms with Crippen LogP contribution in [0.25, 0.3) is 0 Å². The van der Waals surface area contributed by atoms with Gasteiger partial charge < -0.3 is 9.47 Å². The molecule has 0 aliphatic carbocycles. The lowest BCUT2D eigenvalue weighted by Crippen LogP contribution is -2.53. The number of aromatic nitrogens is 1. The van der Waals surface area contributed by atoms with E-state index < -0.39 is 39.6 Å². The van der Waals surface area contributed by atoms with Gasteiger partial charge in [0.15, 0.2) is 9.84 Å². The number of carbonyl (C=O) groups excluding carboxylic acids is 1. The van der Waals surface area contributed by atoms with E-state index in [0.29, 0.717) is 38.7 Å². The molecule has 1 aromatic heterocycles. The van der Waals surface area contributed by atoms with Crippen molar-refractivity contribution < 1.29 is 26.4 Å². The first-order valence-electron chi connectivity index (χ1n) is 8.56. The number of hydrogen-bond donors (Lipinski definition) is 0. The van der Waals surface area contributed by atoms with Crippen LogP contribution in [0.15, 0.2) is 23.1 Å². The van der Waals surface area contributed by atoms with Crippen LogP contribution in [0.4, 0.5) is 13.2 Å². The summed E-state index contributed by atoms with van der Waals surface area (Å²) in [6, 6.07) is 1.74. The molecule has 0 N–H and O–H groups in total. The Bertz CT molecular complexity index is 874. The molecular weight excluding hydrogens is 387 g/mol. The average Bonchev–Trinajstić information content (AvgIpc) is 2.96. The minimum Gasteiger partial charge on any atom is -0.339 e. The second kappa shape index (κ2) is 7.27. The number of pyridine rings is 1. The highest BCUT2D eigenvalue weighted by molar-refractivity contribution is 7.91. The van der Waals surface area contributed by atoms with Crippen LogP contribution in [-0.2, 0) is 27.4 Å². The molecule has 1 unspecified atom stereocenters. The Labute approximate surface area is 154 Å². The minimum atomic E-state index is -4.77. The van der Waals surface area contributed by atoms with Gasteiger partial charge in [0.05, 0.1) is 11.5 Å². The van der Waals surface area contributed by atoms with Gasteiger partial charge in [0, 0.05) is 38.4 Å². The molecular formula is C16H20F3N3O4S. The third-order valence-electron chi connectivity index (χ3n) is 5.02. The summed E-state index contributed by atoms with van der Waals surface area (Å²) in [5.74, 6) is -0.134. The fourth-order valence-corrected chi connectivity index (χ4v) is 5.28. The second-order valence-corrected chi connectivity index (χ2v) is 9.06. The molecule has 2 aliphatic heterocycles. The lowest BCUT2D eigenvalue weighted by atomic mass is 10.2. The van der Waals surface area contributed by atoms with Gasteiger partial charge in [-0.25, -0.2) is 8.42 Å². The van der Waals surface area contributed by atoms with Gasteiger partial charge in [0.1, 0.15) is 12.1 Å². The molecule has 0 spiro atoms. The van der Waals surface area contributed by atoms with Crippen molar-refractivity contribution in [2.24, 2.45) is 0 Å². The summed E-state index contributed by atoms with van der Waals surface area (Å²) in [5, 5.41) is 0. The third-order valence-corrected chi connectivity index (χ3v) is 6.77. The molecule has 150 valence electrons. The van der Waals surface area contributed by atoms with E-state index in [2.05, 4.69) is 0 Å². The third kappa shape index (κ3) is 4.52.